The molecule has 1 atom stereocenters. The van der Waals surface area contributed by atoms with E-state index in [0.717, 1.165) is 32.0 Å². The Kier molecular flexibility index (Phi) is 4.11. The SMILES string of the molecule is CN1N=C(C(=O)N2CCC3(CCCN(CC4CC4)C3)C2)CCC1=O. The molecule has 4 rings (SSSR count). The van der Waals surface area contributed by atoms with Crippen LogP contribution in [0.2, 0.25) is 0 Å². The predicted octanol–water partition coefficient (Wildman–Crippen LogP) is 1.32. The van der Waals surface area contributed by atoms with Gasteiger partial charge in [0.25, 0.3) is 5.91 Å². The molecule has 2 saturated heterocycles. The van der Waals surface area contributed by atoms with Crippen molar-refractivity contribution in [3.05, 3.63) is 0 Å². The summed E-state index contributed by atoms with van der Waals surface area (Å²) >= 11 is 0. The molecule has 3 fully saturated rings. The average Bonchev–Trinajstić information content (AvgIpc) is 3.29. The molecule has 1 saturated carbocycles. The van der Waals surface area contributed by atoms with E-state index in [2.05, 4.69) is 10.0 Å². The van der Waals surface area contributed by atoms with E-state index in [1.807, 2.05) is 4.90 Å². The minimum atomic E-state index is -0.00700. The highest BCUT2D eigenvalue weighted by Crippen LogP contribution is 2.40. The van der Waals surface area contributed by atoms with Gasteiger partial charge in [-0.25, -0.2) is 5.01 Å². The Morgan fingerprint density at radius 3 is 2.79 bits per heavy atom. The van der Waals surface area contributed by atoms with E-state index >= 15 is 0 Å². The Morgan fingerprint density at radius 2 is 2.04 bits per heavy atom. The molecule has 6 heteroatoms. The minimum absolute atomic E-state index is 0.00700. The summed E-state index contributed by atoms with van der Waals surface area (Å²) in [6, 6.07) is 0. The fraction of sp³-hybridized carbons (Fsp3) is 0.833. The van der Waals surface area contributed by atoms with Gasteiger partial charge >= 0.3 is 0 Å². The zero-order chi connectivity index (χ0) is 16.7. The number of piperidine rings is 1. The second kappa shape index (κ2) is 6.14. The molecule has 0 radical (unpaired) electrons. The van der Waals surface area contributed by atoms with Gasteiger partial charge in [0, 0.05) is 51.5 Å². The van der Waals surface area contributed by atoms with E-state index in [1.165, 1.54) is 43.8 Å². The third-order valence-corrected chi connectivity index (χ3v) is 6.13. The molecule has 2 amide bonds. The summed E-state index contributed by atoms with van der Waals surface area (Å²) in [6.07, 6.45) is 7.30. The van der Waals surface area contributed by atoms with Gasteiger partial charge in [0.2, 0.25) is 5.91 Å². The summed E-state index contributed by atoms with van der Waals surface area (Å²) in [6.45, 7) is 5.34. The standard InChI is InChI=1S/C18H28N4O2/c1-20-16(23)6-5-15(19-20)17(24)22-10-8-18(13-22)7-2-9-21(12-18)11-14-3-4-14/h14H,2-13H2,1H3. The Bertz CT molecular complexity index is 571. The van der Waals surface area contributed by atoms with Gasteiger partial charge in [-0.1, -0.05) is 0 Å². The molecule has 1 spiro atoms. The molecule has 1 unspecified atom stereocenters. The number of hydrazone groups is 1. The van der Waals surface area contributed by atoms with Crippen molar-refractivity contribution in [1.82, 2.24) is 14.8 Å². The fourth-order valence-electron chi connectivity index (χ4n) is 4.58. The molecule has 0 bridgehead atoms. The molecule has 0 aromatic rings. The summed E-state index contributed by atoms with van der Waals surface area (Å²) in [5.74, 6) is 0.974. The summed E-state index contributed by atoms with van der Waals surface area (Å²) in [5, 5.41) is 5.52. The Hall–Kier alpha value is -1.43. The molecular formula is C18H28N4O2. The number of hydrogen-bond donors (Lipinski definition) is 0. The first-order chi connectivity index (χ1) is 11.5. The molecule has 4 aliphatic rings. The lowest BCUT2D eigenvalue weighted by atomic mass is 9.79. The van der Waals surface area contributed by atoms with Crippen molar-refractivity contribution >= 4 is 17.5 Å². The Balaban J connectivity index is 1.39. The topological polar surface area (TPSA) is 56.2 Å². The van der Waals surface area contributed by atoms with Crippen molar-refractivity contribution in [3.8, 4) is 0 Å². The van der Waals surface area contributed by atoms with Crippen LogP contribution in [0.1, 0.15) is 44.9 Å². The van der Waals surface area contributed by atoms with Crippen molar-refractivity contribution in [2.45, 2.75) is 44.9 Å². The number of rotatable bonds is 3. The highest BCUT2D eigenvalue weighted by molar-refractivity contribution is 6.39. The lowest BCUT2D eigenvalue weighted by Gasteiger charge is -2.40. The zero-order valence-electron chi connectivity index (χ0n) is 14.7. The van der Waals surface area contributed by atoms with Gasteiger partial charge in [0.05, 0.1) is 0 Å². The van der Waals surface area contributed by atoms with Crippen LogP contribution < -0.4 is 0 Å². The van der Waals surface area contributed by atoms with Gasteiger partial charge in [-0.15, -0.1) is 0 Å². The maximum absolute atomic E-state index is 12.8. The fourth-order valence-corrected chi connectivity index (χ4v) is 4.58. The largest absolute Gasteiger partial charge is 0.337 e. The second-order valence-electron chi connectivity index (χ2n) is 8.22. The Labute approximate surface area is 143 Å². The summed E-state index contributed by atoms with van der Waals surface area (Å²) in [4.78, 5) is 29.0. The van der Waals surface area contributed by atoms with Crippen LogP contribution in [0.15, 0.2) is 5.10 Å². The van der Waals surface area contributed by atoms with Gasteiger partial charge in [-0.3, -0.25) is 9.59 Å². The summed E-state index contributed by atoms with van der Waals surface area (Å²) in [5.41, 5.74) is 0.847. The van der Waals surface area contributed by atoms with Crippen LogP contribution in [0.3, 0.4) is 0 Å². The van der Waals surface area contributed by atoms with E-state index in [1.54, 1.807) is 7.05 Å². The average molecular weight is 332 g/mol. The quantitative estimate of drug-likeness (QED) is 0.783. The molecule has 0 aromatic heterocycles. The van der Waals surface area contributed by atoms with Crippen LogP contribution in [0, 0.1) is 11.3 Å². The molecule has 132 valence electrons. The third kappa shape index (κ3) is 3.21. The Morgan fingerprint density at radius 1 is 1.21 bits per heavy atom. The van der Waals surface area contributed by atoms with Crippen LogP contribution in [0.25, 0.3) is 0 Å². The number of nitrogens with zero attached hydrogens (tertiary/aromatic N) is 4. The summed E-state index contributed by atoms with van der Waals surface area (Å²) < 4.78 is 0. The van der Waals surface area contributed by atoms with Crippen molar-refractivity contribution in [1.29, 1.82) is 0 Å². The number of carbonyl (C=O) groups is 2. The molecule has 1 aliphatic carbocycles. The van der Waals surface area contributed by atoms with Gasteiger partial charge in [-0.2, -0.15) is 5.10 Å². The van der Waals surface area contributed by atoms with Gasteiger partial charge in [0.15, 0.2) is 0 Å². The number of carbonyl (C=O) groups excluding carboxylic acids is 2. The highest BCUT2D eigenvalue weighted by atomic mass is 16.2. The highest BCUT2D eigenvalue weighted by Gasteiger charge is 2.44. The number of likely N-dealkylation sites (tertiary alicyclic amines) is 2. The lowest BCUT2D eigenvalue weighted by molar-refractivity contribution is -0.130. The van der Waals surface area contributed by atoms with E-state index in [-0.39, 0.29) is 11.8 Å². The normalized spacial score (nSPS) is 31.7. The number of amides is 2. The second-order valence-corrected chi connectivity index (χ2v) is 8.22. The first kappa shape index (κ1) is 16.1. The van der Waals surface area contributed by atoms with Crippen LogP contribution >= 0.6 is 0 Å². The predicted molar refractivity (Wildman–Crippen MR) is 91.5 cm³/mol. The minimum Gasteiger partial charge on any atom is -0.337 e. The van der Waals surface area contributed by atoms with Crippen LogP contribution in [-0.4, -0.2) is 72.1 Å². The van der Waals surface area contributed by atoms with Crippen molar-refractivity contribution in [2.75, 3.05) is 39.8 Å². The van der Waals surface area contributed by atoms with Gasteiger partial charge in [0.1, 0.15) is 5.71 Å². The van der Waals surface area contributed by atoms with E-state index < -0.39 is 0 Å². The molecule has 24 heavy (non-hydrogen) atoms. The molecule has 0 N–H and O–H groups in total. The third-order valence-electron chi connectivity index (χ3n) is 6.13. The van der Waals surface area contributed by atoms with Crippen LogP contribution in [0.4, 0.5) is 0 Å². The lowest BCUT2D eigenvalue weighted by Crippen LogP contribution is -2.47. The van der Waals surface area contributed by atoms with Crippen LogP contribution in [-0.2, 0) is 9.59 Å². The summed E-state index contributed by atoms with van der Waals surface area (Å²) in [7, 11) is 1.64. The number of hydrogen-bond acceptors (Lipinski definition) is 4. The molecule has 6 nitrogen and oxygen atoms in total. The van der Waals surface area contributed by atoms with E-state index in [0.29, 0.717) is 24.0 Å². The molecule has 3 aliphatic heterocycles. The zero-order valence-corrected chi connectivity index (χ0v) is 14.7. The van der Waals surface area contributed by atoms with Crippen LogP contribution in [0.5, 0.6) is 0 Å². The van der Waals surface area contributed by atoms with E-state index in [9.17, 15) is 9.59 Å². The van der Waals surface area contributed by atoms with Gasteiger partial charge in [-0.05, 0) is 44.6 Å². The van der Waals surface area contributed by atoms with E-state index in [4.69, 9.17) is 0 Å². The smallest absolute Gasteiger partial charge is 0.270 e. The van der Waals surface area contributed by atoms with Gasteiger partial charge < -0.3 is 9.80 Å². The van der Waals surface area contributed by atoms with Crippen molar-refractivity contribution in [2.24, 2.45) is 16.4 Å². The maximum atomic E-state index is 12.8. The maximum Gasteiger partial charge on any atom is 0.270 e. The monoisotopic (exact) mass is 332 g/mol. The van der Waals surface area contributed by atoms with Crippen molar-refractivity contribution < 1.29 is 9.59 Å². The first-order valence-electron chi connectivity index (χ1n) is 9.40. The molecule has 3 heterocycles. The molecule has 0 aromatic carbocycles. The van der Waals surface area contributed by atoms with Crippen molar-refractivity contribution in [3.63, 3.8) is 0 Å². The molecular weight excluding hydrogens is 304 g/mol. The first-order valence-corrected chi connectivity index (χ1v) is 9.40.